The maximum Gasteiger partial charge on any atom is 0.258 e. The minimum absolute atomic E-state index is 0.131. The van der Waals surface area contributed by atoms with Crippen molar-refractivity contribution in [2.75, 3.05) is 0 Å². The molecule has 1 N–H and O–H groups in total. The number of nitrogens with one attached hydrogen (secondary N) is 1. The van der Waals surface area contributed by atoms with Crippen molar-refractivity contribution in [3.63, 3.8) is 0 Å². The highest BCUT2D eigenvalue weighted by molar-refractivity contribution is 6.31. The summed E-state index contributed by atoms with van der Waals surface area (Å²) in [6, 6.07) is 11.1. The number of halogens is 2. The molecule has 5 heteroatoms. The number of rotatable bonds is 1. The Bertz CT molecular complexity index is 639. The van der Waals surface area contributed by atoms with Crippen molar-refractivity contribution in [2.24, 2.45) is 0 Å². The molecule has 2 aromatic carbocycles. The molecule has 1 heterocycles. The van der Waals surface area contributed by atoms with Crippen LogP contribution in [0.5, 0.6) is 5.75 Å². The Morgan fingerprint density at radius 2 is 1.95 bits per heavy atom. The molecule has 2 aromatic rings. The van der Waals surface area contributed by atoms with Crippen LogP contribution in [0.25, 0.3) is 0 Å². The summed E-state index contributed by atoms with van der Waals surface area (Å²) in [6.45, 7) is 0. The van der Waals surface area contributed by atoms with Gasteiger partial charge in [0, 0.05) is 0 Å². The van der Waals surface area contributed by atoms with E-state index in [0.717, 1.165) is 0 Å². The molecule has 0 aromatic heterocycles. The Kier molecular flexibility index (Phi) is 2.87. The van der Waals surface area contributed by atoms with Crippen LogP contribution < -0.4 is 10.1 Å². The Morgan fingerprint density at radius 3 is 2.74 bits per heavy atom. The van der Waals surface area contributed by atoms with Crippen molar-refractivity contribution < 1.29 is 13.9 Å². The van der Waals surface area contributed by atoms with Crippen LogP contribution >= 0.6 is 11.6 Å². The molecule has 1 aliphatic heterocycles. The third kappa shape index (κ3) is 2.04. The van der Waals surface area contributed by atoms with Crippen LogP contribution in [-0.4, -0.2) is 5.91 Å². The minimum atomic E-state index is -0.920. The van der Waals surface area contributed by atoms with Crippen LogP contribution in [-0.2, 0) is 0 Å². The molecule has 3 rings (SSSR count). The van der Waals surface area contributed by atoms with Crippen LogP contribution in [0.15, 0.2) is 42.5 Å². The fraction of sp³-hybridized carbons (Fsp3) is 0.0714. The average molecular weight is 278 g/mol. The summed E-state index contributed by atoms with van der Waals surface area (Å²) >= 11 is 5.97. The molecule has 1 atom stereocenters. The minimum Gasteiger partial charge on any atom is -0.465 e. The third-order valence-electron chi connectivity index (χ3n) is 2.90. The molecule has 0 radical (unpaired) electrons. The molecule has 0 bridgehead atoms. The van der Waals surface area contributed by atoms with Crippen LogP contribution in [0, 0.1) is 5.82 Å². The Hall–Kier alpha value is -2.07. The van der Waals surface area contributed by atoms with Gasteiger partial charge in [0.05, 0.1) is 16.1 Å². The smallest absolute Gasteiger partial charge is 0.258 e. The fourth-order valence-electron chi connectivity index (χ4n) is 2.00. The first kappa shape index (κ1) is 12.0. The van der Waals surface area contributed by atoms with Gasteiger partial charge in [-0.3, -0.25) is 4.79 Å². The predicted octanol–water partition coefficient (Wildman–Crippen LogP) is 3.30. The summed E-state index contributed by atoms with van der Waals surface area (Å²) in [6.07, 6.45) is -0.920. The lowest BCUT2D eigenvalue weighted by Gasteiger charge is -2.27. The standard InChI is InChI=1S/C14H9ClFNO2/c15-9-5-3-6-10(16)12(9)14-17-13(18)8-4-1-2-7-11(8)19-14/h1-7,14H,(H,17,18)/t14-/m0/s1. The van der Waals surface area contributed by atoms with Crippen molar-refractivity contribution in [1.82, 2.24) is 5.32 Å². The summed E-state index contributed by atoms with van der Waals surface area (Å²) in [5.41, 5.74) is 0.554. The normalized spacial score (nSPS) is 17.4. The third-order valence-corrected chi connectivity index (χ3v) is 3.23. The van der Waals surface area contributed by atoms with Crippen LogP contribution in [0.1, 0.15) is 22.1 Å². The number of hydrogen-bond acceptors (Lipinski definition) is 2. The van der Waals surface area contributed by atoms with E-state index in [0.29, 0.717) is 11.3 Å². The molecule has 0 fully saturated rings. The van der Waals surface area contributed by atoms with Gasteiger partial charge in [0.1, 0.15) is 11.6 Å². The molecule has 0 unspecified atom stereocenters. The summed E-state index contributed by atoms with van der Waals surface area (Å²) in [4.78, 5) is 11.9. The van der Waals surface area contributed by atoms with E-state index in [1.54, 1.807) is 30.3 Å². The second-order valence-electron chi connectivity index (χ2n) is 4.10. The van der Waals surface area contributed by atoms with Crippen molar-refractivity contribution >= 4 is 17.5 Å². The quantitative estimate of drug-likeness (QED) is 0.868. The van der Waals surface area contributed by atoms with Crippen LogP contribution in [0.3, 0.4) is 0 Å². The van der Waals surface area contributed by atoms with Gasteiger partial charge in [-0.2, -0.15) is 0 Å². The van der Waals surface area contributed by atoms with Gasteiger partial charge in [0.15, 0.2) is 0 Å². The van der Waals surface area contributed by atoms with Crippen molar-refractivity contribution in [3.8, 4) is 5.75 Å². The number of fused-ring (bicyclic) bond motifs is 1. The summed E-state index contributed by atoms with van der Waals surface area (Å²) in [7, 11) is 0. The number of amides is 1. The number of carbonyl (C=O) groups is 1. The predicted molar refractivity (Wildman–Crippen MR) is 68.7 cm³/mol. The second kappa shape index (κ2) is 4.55. The van der Waals surface area contributed by atoms with E-state index in [9.17, 15) is 9.18 Å². The topological polar surface area (TPSA) is 38.3 Å². The molecule has 1 amide bonds. The van der Waals surface area contributed by atoms with E-state index in [4.69, 9.17) is 16.3 Å². The number of carbonyl (C=O) groups excluding carboxylic acids is 1. The highest BCUT2D eigenvalue weighted by Crippen LogP contribution is 2.33. The first-order valence-electron chi connectivity index (χ1n) is 5.67. The van der Waals surface area contributed by atoms with Gasteiger partial charge in [-0.15, -0.1) is 0 Å². The Morgan fingerprint density at radius 1 is 1.16 bits per heavy atom. The monoisotopic (exact) mass is 277 g/mol. The van der Waals surface area contributed by atoms with Gasteiger partial charge in [0.25, 0.3) is 5.91 Å². The number of hydrogen-bond donors (Lipinski definition) is 1. The molecule has 0 spiro atoms. The van der Waals surface area contributed by atoms with E-state index >= 15 is 0 Å². The van der Waals surface area contributed by atoms with E-state index < -0.39 is 12.0 Å². The lowest BCUT2D eigenvalue weighted by atomic mass is 10.1. The SMILES string of the molecule is O=C1N[C@H](c2c(F)cccc2Cl)Oc2ccccc21. The summed E-state index contributed by atoms with van der Waals surface area (Å²) in [5.74, 6) is -0.418. The maximum atomic E-state index is 13.8. The van der Waals surface area contributed by atoms with Crippen molar-refractivity contribution in [3.05, 3.63) is 64.4 Å². The van der Waals surface area contributed by atoms with Gasteiger partial charge in [0.2, 0.25) is 6.23 Å². The average Bonchev–Trinajstić information content (AvgIpc) is 2.38. The highest BCUT2D eigenvalue weighted by Gasteiger charge is 2.29. The lowest BCUT2D eigenvalue weighted by Crippen LogP contribution is -2.37. The molecule has 1 aliphatic rings. The first-order chi connectivity index (χ1) is 9.16. The summed E-state index contributed by atoms with van der Waals surface area (Å²) < 4.78 is 19.4. The summed E-state index contributed by atoms with van der Waals surface area (Å²) in [5, 5.41) is 2.80. The second-order valence-corrected chi connectivity index (χ2v) is 4.51. The van der Waals surface area contributed by atoms with Gasteiger partial charge in [-0.1, -0.05) is 29.8 Å². The van der Waals surface area contributed by atoms with Gasteiger partial charge in [-0.05, 0) is 24.3 Å². The van der Waals surface area contributed by atoms with Crippen LogP contribution in [0.2, 0.25) is 5.02 Å². The molecule has 0 saturated heterocycles. The van der Waals surface area contributed by atoms with Gasteiger partial charge >= 0.3 is 0 Å². The Labute approximate surface area is 114 Å². The molecular formula is C14H9ClFNO2. The maximum absolute atomic E-state index is 13.8. The molecule has 0 aliphatic carbocycles. The molecular weight excluding hydrogens is 269 g/mol. The highest BCUT2D eigenvalue weighted by atomic mass is 35.5. The lowest BCUT2D eigenvalue weighted by molar-refractivity contribution is 0.0750. The number of ether oxygens (including phenoxy) is 1. The zero-order valence-electron chi connectivity index (χ0n) is 9.69. The molecule has 3 nitrogen and oxygen atoms in total. The van der Waals surface area contributed by atoms with E-state index in [2.05, 4.69) is 5.32 Å². The van der Waals surface area contributed by atoms with E-state index in [1.165, 1.54) is 12.1 Å². The molecule has 0 saturated carbocycles. The van der Waals surface area contributed by atoms with E-state index in [1.807, 2.05) is 0 Å². The van der Waals surface area contributed by atoms with E-state index in [-0.39, 0.29) is 16.5 Å². The first-order valence-corrected chi connectivity index (χ1v) is 6.05. The molecule has 19 heavy (non-hydrogen) atoms. The molecule has 96 valence electrons. The van der Waals surface area contributed by atoms with Crippen molar-refractivity contribution in [2.45, 2.75) is 6.23 Å². The van der Waals surface area contributed by atoms with Gasteiger partial charge < -0.3 is 10.1 Å². The zero-order valence-corrected chi connectivity index (χ0v) is 10.4. The van der Waals surface area contributed by atoms with Gasteiger partial charge in [-0.25, -0.2) is 4.39 Å². The number of para-hydroxylation sites is 1. The van der Waals surface area contributed by atoms with Crippen molar-refractivity contribution in [1.29, 1.82) is 0 Å². The zero-order chi connectivity index (χ0) is 13.4. The van der Waals surface area contributed by atoms with Crippen LogP contribution in [0.4, 0.5) is 4.39 Å². The largest absolute Gasteiger partial charge is 0.465 e. The fourth-order valence-corrected chi connectivity index (χ4v) is 2.26. The Balaban J connectivity index is 2.04. The number of benzene rings is 2.